The molecule has 3 aromatic heterocycles. The fraction of sp³-hybridized carbons (Fsp3) is 0.182. The second-order valence-corrected chi connectivity index (χ2v) is 5.42. The highest BCUT2D eigenvalue weighted by Crippen LogP contribution is 2.35. The maximum Gasteiger partial charge on any atom is 0.396 e. The van der Waals surface area contributed by atoms with Crippen molar-refractivity contribution in [2.75, 3.05) is 6.61 Å². The molecular weight excluding hydrogens is 272 g/mol. The van der Waals surface area contributed by atoms with E-state index in [2.05, 4.69) is 10.2 Å². The molecule has 0 saturated heterocycles. The molecule has 3 rings (SSSR count). The van der Waals surface area contributed by atoms with Crippen LogP contribution < -0.4 is 0 Å². The third-order valence-electron chi connectivity index (χ3n) is 2.23. The lowest BCUT2D eigenvalue weighted by Gasteiger charge is -1.93. The molecule has 0 saturated carbocycles. The van der Waals surface area contributed by atoms with E-state index in [1.54, 1.807) is 29.6 Å². The van der Waals surface area contributed by atoms with Crippen LogP contribution in [0.1, 0.15) is 17.6 Å². The lowest BCUT2D eigenvalue weighted by atomic mass is 10.4. The fourth-order valence-corrected chi connectivity index (χ4v) is 3.50. The van der Waals surface area contributed by atoms with Gasteiger partial charge in [-0.25, -0.2) is 4.79 Å². The van der Waals surface area contributed by atoms with Crippen molar-refractivity contribution in [1.82, 2.24) is 10.2 Å². The summed E-state index contributed by atoms with van der Waals surface area (Å²) in [6, 6.07) is 4.02. The predicted molar refractivity (Wildman–Crippen MR) is 69.0 cm³/mol. The zero-order chi connectivity index (χ0) is 12.5. The number of fused-ring (bicyclic) bond motifs is 1. The summed E-state index contributed by atoms with van der Waals surface area (Å²) in [6.45, 7) is 2.01. The first-order chi connectivity index (χ1) is 8.78. The fourth-order valence-electron chi connectivity index (χ4n) is 1.47. The van der Waals surface area contributed by atoms with Gasteiger partial charge in [0.15, 0.2) is 0 Å². The summed E-state index contributed by atoms with van der Waals surface area (Å²) in [4.78, 5) is 12.3. The molecule has 0 aliphatic rings. The van der Waals surface area contributed by atoms with Gasteiger partial charge in [0.05, 0.1) is 11.5 Å². The molecule has 7 heteroatoms. The average molecular weight is 280 g/mol. The van der Waals surface area contributed by atoms with Crippen LogP contribution in [0.25, 0.3) is 20.2 Å². The molecule has 0 atom stereocenters. The van der Waals surface area contributed by atoms with Crippen LogP contribution in [0.5, 0.6) is 0 Å². The molecule has 0 amide bonds. The number of carbonyl (C=O) groups excluding carboxylic acids is 1. The smallest absolute Gasteiger partial charge is 0.396 e. The van der Waals surface area contributed by atoms with Crippen LogP contribution in [0.3, 0.4) is 0 Å². The van der Waals surface area contributed by atoms with E-state index in [9.17, 15) is 4.79 Å². The number of rotatable bonds is 3. The first kappa shape index (κ1) is 11.4. The molecule has 0 radical (unpaired) electrons. The van der Waals surface area contributed by atoms with Crippen molar-refractivity contribution in [2.45, 2.75) is 6.92 Å². The van der Waals surface area contributed by atoms with Crippen molar-refractivity contribution in [3.05, 3.63) is 23.4 Å². The Morgan fingerprint density at radius 3 is 3.11 bits per heavy atom. The number of hydrogen-bond acceptors (Lipinski definition) is 7. The van der Waals surface area contributed by atoms with E-state index < -0.39 is 5.97 Å². The first-order valence-corrected chi connectivity index (χ1v) is 6.95. The number of nitrogens with zero attached hydrogens (tertiary/aromatic N) is 2. The number of thiophene rings is 2. The molecule has 0 fully saturated rings. The van der Waals surface area contributed by atoms with Crippen molar-refractivity contribution in [1.29, 1.82) is 0 Å². The van der Waals surface area contributed by atoms with E-state index in [-0.39, 0.29) is 12.5 Å². The lowest BCUT2D eigenvalue weighted by molar-refractivity contribution is 0.0481. The molecule has 0 aliphatic heterocycles. The quantitative estimate of drug-likeness (QED) is 0.689. The van der Waals surface area contributed by atoms with E-state index in [0.29, 0.717) is 5.89 Å². The van der Waals surface area contributed by atoms with Crippen LogP contribution in [0.2, 0.25) is 0 Å². The summed E-state index contributed by atoms with van der Waals surface area (Å²) in [7, 11) is 0. The number of ether oxygens (including phenoxy) is 1. The SMILES string of the molecule is CCOC(=O)c1nnc(-c2cc3sccc3s2)o1. The third-order valence-corrected chi connectivity index (χ3v) is 4.31. The Hall–Kier alpha value is -1.73. The molecule has 0 aromatic carbocycles. The summed E-state index contributed by atoms with van der Waals surface area (Å²) in [5, 5.41) is 9.58. The Labute approximate surface area is 110 Å². The zero-order valence-corrected chi connectivity index (χ0v) is 11.0. The van der Waals surface area contributed by atoms with Crippen molar-refractivity contribution >= 4 is 38.0 Å². The van der Waals surface area contributed by atoms with Gasteiger partial charge in [-0.05, 0) is 24.4 Å². The summed E-state index contributed by atoms with van der Waals surface area (Å²) >= 11 is 3.21. The molecule has 0 spiro atoms. The molecule has 3 aromatic rings. The Bertz CT molecular complexity index is 669. The Kier molecular flexibility index (Phi) is 2.85. The summed E-state index contributed by atoms with van der Waals surface area (Å²) < 4.78 is 12.4. The predicted octanol–water partition coefficient (Wildman–Crippen LogP) is 3.19. The molecule has 5 nitrogen and oxygen atoms in total. The van der Waals surface area contributed by atoms with Gasteiger partial charge in [0.2, 0.25) is 0 Å². The minimum atomic E-state index is -0.588. The van der Waals surface area contributed by atoms with E-state index in [1.165, 1.54) is 9.40 Å². The minimum Gasteiger partial charge on any atom is -0.459 e. The lowest BCUT2D eigenvalue weighted by Crippen LogP contribution is -2.04. The van der Waals surface area contributed by atoms with Gasteiger partial charge < -0.3 is 9.15 Å². The molecule has 92 valence electrons. The van der Waals surface area contributed by atoms with Crippen LogP contribution in [0.4, 0.5) is 0 Å². The molecule has 18 heavy (non-hydrogen) atoms. The van der Waals surface area contributed by atoms with E-state index in [1.807, 2.05) is 17.5 Å². The van der Waals surface area contributed by atoms with Gasteiger partial charge in [0.1, 0.15) is 0 Å². The van der Waals surface area contributed by atoms with E-state index in [0.717, 1.165) is 4.88 Å². The van der Waals surface area contributed by atoms with Crippen LogP contribution in [-0.4, -0.2) is 22.8 Å². The number of hydrogen-bond donors (Lipinski definition) is 0. The highest BCUT2D eigenvalue weighted by Gasteiger charge is 2.18. The second-order valence-electron chi connectivity index (χ2n) is 3.39. The molecular formula is C11H8N2O3S2. The average Bonchev–Trinajstić information content (AvgIpc) is 3.03. The summed E-state index contributed by atoms with van der Waals surface area (Å²) in [5.41, 5.74) is 0. The monoisotopic (exact) mass is 280 g/mol. The number of carbonyl (C=O) groups is 1. The van der Waals surface area contributed by atoms with Crippen molar-refractivity contribution in [3.8, 4) is 10.8 Å². The molecule has 3 heterocycles. The van der Waals surface area contributed by atoms with Gasteiger partial charge in [-0.15, -0.1) is 32.9 Å². The highest BCUT2D eigenvalue weighted by atomic mass is 32.1. The van der Waals surface area contributed by atoms with Gasteiger partial charge in [0.25, 0.3) is 5.89 Å². The van der Waals surface area contributed by atoms with Gasteiger partial charge in [0, 0.05) is 9.40 Å². The summed E-state index contributed by atoms with van der Waals surface area (Å²) in [5.74, 6) is -0.343. The van der Waals surface area contributed by atoms with Crippen LogP contribution in [-0.2, 0) is 4.74 Å². The van der Waals surface area contributed by atoms with Crippen molar-refractivity contribution in [3.63, 3.8) is 0 Å². The van der Waals surface area contributed by atoms with Crippen LogP contribution in [0, 0.1) is 0 Å². The van der Waals surface area contributed by atoms with E-state index >= 15 is 0 Å². The molecule has 0 bridgehead atoms. The van der Waals surface area contributed by atoms with Crippen molar-refractivity contribution in [2.24, 2.45) is 0 Å². The van der Waals surface area contributed by atoms with Gasteiger partial charge >= 0.3 is 11.9 Å². The Morgan fingerprint density at radius 1 is 1.44 bits per heavy atom. The standard InChI is InChI=1S/C11H8N2O3S2/c1-2-15-11(14)10-13-12-9(16-10)8-5-7-6(18-8)3-4-17-7/h3-5H,2H2,1H3. The minimum absolute atomic E-state index is 0.108. The van der Waals surface area contributed by atoms with Crippen LogP contribution in [0.15, 0.2) is 21.9 Å². The number of esters is 1. The van der Waals surface area contributed by atoms with Crippen LogP contribution >= 0.6 is 22.7 Å². The Morgan fingerprint density at radius 2 is 2.33 bits per heavy atom. The normalized spacial score (nSPS) is 10.9. The van der Waals surface area contributed by atoms with Crippen molar-refractivity contribution < 1.29 is 13.9 Å². The zero-order valence-electron chi connectivity index (χ0n) is 9.37. The maximum absolute atomic E-state index is 11.4. The number of aromatic nitrogens is 2. The largest absolute Gasteiger partial charge is 0.459 e. The molecule has 0 N–H and O–H groups in total. The third kappa shape index (κ3) is 1.91. The molecule has 0 aliphatic carbocycles. The first-order valence-electron chi connectivity index (χ1n) is 5.26. The van der Waals surface area contributed by atoms with E-state index in [4.69, 9.17) is 9.15 Å². The van der Waals surface area contributed by atoms with Gasteiger partial charge in [-0.1, -0.05) is 0 Å². The maximum atomic E-state index is 11.4. The summed E-state index contributed by atoms with van der Waals surface area (Å²) in [6.07, 6.45) is 0. The van der Waals surface area contributed by atoms with Gasteiger partial charge in [-0.3, -0.25) is 0 Å². The van der Waals surface area contributed by atoms with Gasteiger partial charge in [-0.2, -0.15) is 0 Å². The molecule has 0 unspecified atom stereocenters. The Balaban J connectivity index is 1.93. The topological polar surface area (TPSA) is 65.2 Å². The second kappa shape index (κ2) is 4.51. The highest BCUT2D eigenvalue weighted by molar-refractivity contribution is 7.28.